The van der Waals surface area contributed by atoms with Crippen molar-refractivity contribution in [1.29, 1.82) is 0 Å². The number of hydroxylamine groups is 1. The maximum Gasteiger partial charge on any atom is 0.309 e. The third kappa shape index (κ3) is 2.30. The summed E-state index contributed by atoms with van der Waals surface area (Å²) in [6, 6.07) is 8.39. The summed E-state index contributed by atoms with van der Waals surface area (Å²) in [5.74, 6) is 0.647. The molecule has 1 aliphatic carbocycles. The second-order valence-corrected chi connectivity index (χ2v) is 4.90. The van der Waals surface area contributed by atoms with Crippen molar-refractivity contribution in [2.24, 2.45) is 4.40 Å². The van der Waals surface area contributed by atoms with Gasteiger partial charge in [-0.1, -0.05) is 35.9 Å². The van der Waals surface area contributed by atoms with E-state index in [1.165, 1.54) is 16.7 Å². The van der Waals surface area contributed by atoms with Gasteiger partial charge in [-0.3, -0.25) is 0 Å². The quantitative estimate of drug-likeness (QED) is 0.870. The summed E-state index contributed by atoms with van der Waals surface area (Å²) < 4.78 is 19.4. The molecule has 1 N–H and O–H groups in total. The summed E-state index contributed by atoms with van der Waals surface area (Å²) in [5, 5.41) is 0. The minimum absolute atomic E-state index is 0.647. The van der Waals surface area contributed by atoms with Crippen LogP contribution in [-0.2, 0) is 22.0 Å². The lowest BCUT2D eigenvalue weighted by Crippen LogP contribution is -2.17. The van der Waals surface area contributed by atoms with Gasteiger partial charge in [-0.15, -0.1) is 4.40 Å². The largest absolute Gasteiger partial charge is 0.309 e. The lowest BCUT2D eigenvalue weighted by molar-refractivity contribution is 0.303. The molecule has 1 aromatic carbocycles. The molecule has 0 amide bonds. The monoisotopic (exact) mass is 248 g/mol. The SMILES string of the molecule is O=S1N=C(CC2=Cc3ccccc3CC2)NO1. The lowest BCUT2D eigenvalue weighted by Gasteiger charge is -2.15. The smallest absolute Gasteiger partial charge is 0.234 e. The molecule has 1 heterocycles. The highest BCUT2D eigenvalue weighted by Crippen LogP contribution is 2.25. The average Bonchev–Trinajstić information content (AvgIpc) is 2.75. The predicted molar refractivity (Wildman–Crippen MR) is 67.2 cm³/mol. The number of nitrogens with one attached hydrogen (secondary N) is 1. The van der Waals surface area contributed by atoms with Gasteiger partial charge in [-0.25, -0.2) is 9.69 Å². The molecule has 0 saturated heterocycles. The molecule has 0 spiro atoms. The first-order valence-corrected chi connectivity index (χ1v) is 6.54. The van der Waals surface area contributed by atoms with Gasteiger partial charge in [0.2, 0.25) is 0 Å². The Morgan fingerprint density at radius 1 is 1.35 bits per heavy atom. The molecule has 5 heteroatoms. The first-order chi connectivity index (χ1) is 8.31. The van der Waals surface area contributed by atoms with Crippen molar-refractivity contribution in [3.05, 3.63) is 41.0 Å². The molecule has 0 radical (unpaired) electrons. The molecule has 0 aromatic heterocycles. The number of fused-ring (bicyclic) bond motifs is 1. The summed E-state index contributed by atoms with van der Waals surface area (Å²) in [6.45, 7) is 0. The van der Waals surface area contributed by atoms with Crippen LogP contribution in [0.2, 0.25) is 0 Å². The molecular formula is C12H12N2O2S. The van der Waals surface area contributed by atoms with Crippen molar-refractivity contribution in [1.82, 2.24) is 5.48 Å². The Labute approximate surface area is 102 Å². The molecular weight excluding hydrogens is 236 g/mol. The highest BCUT2D eigenvalue weighted by atomic mass is 32.2. The highest BCUT2D eigenvalue weighted by molar-refractivity contribution is 7.79. The summed E-state index contributed by atoms with van der Waals surface area (Å²) in [6.07, 6.45) is 4.94. The Hall–Kier alpha value is -1.46. The predicted octanol–water partition coefficient (Wildman–Crippen LogP) is 1.92. The molecule has 4 nitrogen and oxygen atoms in total. The second-order valence-electron chi connectivity index (χ2n) is 4.12. The molecule has 1 unspecified atom stereocenters. The van der Waals surface area contributed by atoms with Crippen LogP contribution in [0.4, 0.5) is 0 Å². The molecule has 1 atom stereocenters. The number of hydrogen-bond donors (Lipinski definition) is 1. The van der Waals surface area contributed by atoms with Crippen LogP contribution in [0.1, 0.15) is 24.0 Å². The van der Waals surface area contributed by atoms with Gasteiger partial charge >= 0.3 is 11.3 Å². The molecule has 0 saturated carbocycles. The zero-order chi connectivity index (χ0) is 11.7. The third-order valence-corrected chi connectivity index (χ3v) is 3.54. The summed E-state index contributed by atoms with van der Waals surface area (Å²) in [5.41, 5.74) is 6.53. The van der Waals surface area contributed by atoms with Crippen LogP contribution >= 0.6 is 0 Å². The minimum Gasteiger partial charge on any atom is -0.234 e. The molecule has 1 aliphatic heterocycles. The van der Waals surface area contributed by atoms with Gasteiger partial charge in [0.1, 0.15) is 5.84 Å². The van der Waals surface area contributed by atoms with Gasteiger partial charge in [0.15, 0.2) is 0 Å². The number of benzene rings is 1. The number of rotatable bonds is 2. The number of nitrogens with zero attached hydrogens (tertiary/aromatic N) is 1. The topological polar surface area (TPSA) is 50.7 Å². The number of hydrogen-bond acceptors (Lipinski definition) is 3. The Balaban J connectivity index is 1.80. The fraction of sp³-hybridized carbons (Fsp3) is 0.250. The second kappa shape index (κ2) is 4.43. The van der Waals surface area contributed by atoms with Crippen molar-refractivity contribution in [2.45, 2.75) is 19.3 Å². The number of amidine groups is 1. The van der Waals surface area contributed by atoms with E-state index < -0.39 is 11.3 Å². The van der Waals surface area contributed by atoms with Crippen LogP contribution in [-0.4, -0.2) is 10.0 Å². The van der Waals surface area contributed by atoms with E-state index in [2.05, 4.69) is 38.4 Å². The maximum atomic E-state index is 10.9. The average molecular weight is 248 g/mol. The first-order valence-electron chi connectivity index (χ1n) is 5.51. The van der Waals surface area contributed by atoms with Gasteiger partial charge in [-0.05, 0) is 24.0 Å². The van der Waals surface area contributed by atoms with E-state index in [4.69, 9.17) is 0 Å². The van der Waals surface area contributed by atoms with Gasteiger partial charge in [0.05, 0.1) is 0 Å². The standard InChI is InChI=1S/C12H12N2O2S/c15-17-14-12(13-16-17)8-9-5-6-10-3-1-2-4-11(10)7-9/h1-4,7H,5-6,8H2,(H,13,14). The van der Waals surface area contributed by atoms with Crippen LogP contribution in [0.15, 0.2) is 34.2 Å². The molecule has 17 heavy (non-hydrogen) atoms. The highest BCUT2D eigenvalue weighted by Gasteiger charge is 2.16. The molecule has 88 valence electrons. The molecule has 0 fully saturated rings. The van der Waals surface area contributed by atoms with Gasteiger partial charge in [-0.2, -0.15) is 4.28 Å². The molecule has 2 aliphatic rings. The zero-order valence-corrected chi connectivity index (χ0v) is 10.00. The van der Waals surface area contributed by atoms with E-state index in [1.807, 2.05) is 6.07 Å². The Morgan fingerprint density at radius 3 is 3.06 bits per heavy atom. The summed E-state index contributed by atoms with van der Waals surface area (Å²) >= 11 is -1.55. The Morgan fingerprint density at radius 2 is 2.24 bits per heavy atom. The van der Waals surface area contributed by atoms with Crippen LogP contribution in [0.3, 0.4) is 0 Å². The number of aryl methyl sites for hydroxylation is 1. The van der Waals surface area contributed by atoms with Crippen molar-refractivity contribution in [3.63, 3.8) is 0 Å². The normalized spacial score (nSPS) is 22.5. The third-order valence-electron chi connectivity index (χ3n) is 2.94. The van der Waals surface area contributed by atoms with Crippen molar-refractivity contribution in [2.75, 3.05) is 0 Å². The molecule has 1 aromatic rings. The van der Waals surface area contributed by atoms with Gasteiger partial charge in [0, 0.05) is 6.42 Å². The fourth-order valence-corrected chi connectivity index (χ4v) is 2.61. The summed E-state index contributed by atoms with van der Waals surface area (Å²) in [4.78, 5) is 0. The van der Waals surface area contributed by atoms with E-state index in [-0.39, 0.29) is 0 Å². The lowest BCUT2D eigenvalue weighted by atomic mass is 9.91. The Bertz CT molecular complexity index is 537. The van der Waals surface area contributed by atoms with Gasteiger partial charge in [0.25, 0.3) is 0 Å². The maximum absolute atomic E-state index is 10.9. The van der Waals surface area contributed by atoms with Crippen molar-refractivity contribution < 1.29 is 8.49 Å². The van der Waals surface area contributed by atoms with Crippen LogP contribution in [0, 0.1) is 0 Å². The van der Waals surface area contributed by atoms with Gasteiger partial charge < -0.3 is 0 Å². The molecule has 3 rings (SSSR count). The van der Waals surface area contributed by atoms with E-state index >= 15 is 0 Å². The van der Waals surface area contributed by atoms with E-state index in [0.717, 1.165) is 12.8 Å². The fourth-order valence-electron chi connectivity index (χ4n) is 2.12. The zero-order valence-electron chi connectivity index (χ0n) is 9.18. The first kappa shape index (κ1) is 10.7. The molecule has 0 bridgehead atoms. The van der Waals surface area contributed by atoms with E-state index in [9.17, 15) is 4.21 Å². The van der Waals surface area contributed by atoms with Crippen LogP contribution in [0.25, 0.3) is 6.08 Å². The van der Waals surface area contributed by atoms with E-state index in [1.54, 1.807) is 0 Å². The van der Waals surface area contributed by atoms with E-state index in [0.29, 0.717) is 12.3 Å². The van der Waals surface area contributed by atoms with Crippen molar-refractivity contribution in [3.8, 4) is 0 Å². The van der Waals surface area contributed by atoms with Crippen LogP contribution < -0.4 is 5.48 Å². The summed E-state index contributed by atoms with van der Waals surface area (Å²) in [7, 11) is 0. The Kier molecular flexibility index (Phi) is 2.78. The van der Waals surface area contributed by atoms with Crippen molar-refractivity contribution >= 4 is 23.2 Å². The van der Waals surface area contributed by atoms with Crippen LogP contribution in [0.5, 0.6) is 0 Å². The minimum atomic E-state index is -1.55.